The van der Waals surface area contributed by atoms with Crippen LogP contribution in [0.15, 0.2) is 83.9 Å². The quantitative estimate of drug-likeness (QED) is 0.566. The van der Waals surface area contributed by atoms with Gasteiger partial charge in [-0.25, -0.2) is 10.4 Å². The van der Waals surface area contributed by atoms with E-state index in [2.05, 4.69) is 10.9 Å². The Morgan fingerprint density at radius 3 is 2.50 bits per heavy atom. The van der Waals surface area contributed by atoms with Gasteiger partial charge in [-0.05, 0) is 48.0 Å². The van der Waals surface area contributed by atoms with Gasteiger partial charge in [0.1, 0.15) is 17.7 Å². The molecule has 32 heavy (non-hydrogen) atoms. The van der Waals surface area contributed by atoms with Crippen LogP contribution in [0.2, 0.25) is 5.02 Å². The van der Waals surface area contributed by atoms with E-state index in [0.29, 0.717) is 28.2 Å². The second kappa shape index (κ2) is 9.34. The van der Waals surface area contributed by atoms with E-state index in [1.54, 1.807) is 4.90 Å². The molecule has 2 atom stereocenters. The Kier molecular flexibility index (Phi) is 6.14. The Hall–Kier alpha value is -2.84. The number of fused-ring (bicyclic) bond motifs is 1. The summed E-state index contributed by atoms with van der Waals surface area (Å²) in [6.45, 7) is 0.543. The lowest BCUT2D eigenvalue weighted by Crippen LogP contribution is -2.49. The number of amides is 1. The van der Waals surface area contributed by atoms with E-state index >= 15 is 0 Å². The topological polar surface area (TPSA) is 66.0 Å². The highest BCUT2D eigenvalue weighted by Gasteiger charge is 2.42. The van der Waals surface area contributed by atoms with Crippen LogP contribution in [0, 0.1) is 5.92 Å². The van der Waals surface area contributed by atoms with E-state index in [1.807, 2.05) is 78.9 Å². The molecule has 0 saturated carbocycles. The first-order valence-electron chi connectivity index (χ1n) is 10.3. The van der Waals surface area contributed by atoms with E-state index in [4.69, 9.17) is 21.3 Å². The highest BCUT2D eigenvalue weighted by atomic mass is 35.5. The molecule has 5 rings (SSSR count). The number of carbonyl (C=O) groups excluding carboxylic acids is 1. The third kappa shape index (κ3) is 4.38. The molecular weight excluding hydrogens is 444 g/mol. The number of nitrogens with one attached hydrogen (secondary N) is 2. The Labute approximate surface area is 195 Å². The van der Waals surface area contributed by atoms with Crippen molar-refractivity contribution in [2.24, 2.45) is 10.9 Å². The lowest BCUT2D eigenvalue weighted by atomic mass is 10.0. The van der Waals surface area contributed by atoms with Gasteiger partial charge in [0.15, 0.2) is 5.17 Å². The zero-order valence-electron chi connectivity index (χ0n) is 17.1. The van der Waals surface area contributed by atoms with Crippen molar-refractivity contribution in [3.05, 3.63) is 89.4 Å². The molecule has 2 aliphatic heterocycles. The smallest absolute Gasteiger partial charge is 0.241 e. The van der Waals surface area contributed by atoms with Gasteiger partial charge in [-0.2, -0.15) is 0 Å². The van der Waals surface area contributed by atoms with Gasteiger partial charge >= 0.3 is 0 Å². The van der Waals surface area contributed by atoms with E-state index in [0.717, 1.165) is 17.0 Å². The number of aliphatic imine (C=N–C) groups is 1. The summed E-state index contributed by atoms with van der Waals surface area (Å²) < 4.78 is 5.89. The van der Waals surface area contributed by atoms with Crippen LogP contribution < -0.4 is 20.5 Å². The average molecular weight is 465 g/mol. The lowest BCUT2D eigenvalue weighted by molar-refractivity contribution is -0.121. The SMILES string of the molecule is O=C1C2CNNC2N=C(SCc2ccccc2Cl)N1c1ccc(Oc2ccccc2)cc1. The van der Waals surface area contributed by atoms with Crippen molar-refractivity contribution in [2.75, 3.05) is 11.4 Å². The average Bonchev–Trinajstić information content (AvgIpc) is 3.29. The van der Waals surface area contributed by atoms with E-state index in [-0.39, 0.29) is 18.0 Å². The van der Waals surface area contributed by atoms with Crippen molar-refractivity contribution >= 4 is 40.1 Å². The number of carbonyl (C=O) groups is 1. The number of thioether (sulfide) groups is 1. The summed E-state index contributed by atoms with van der Waals surface area (Å²) >= 11 is 7.83. The number of anilines is 1. The predicted octanol–water partition coefficient (Wildman–Crippen LogP) is 4.82. The van der Waals surface area contributed by atoms with Crippen molar-refractivity contribution in [1.29, 1.82) is 0 Å². The molecule has 1 fully saturated rings. The van der Waals surface area contributed by atoms with Crippen LogP contribution in [0.1, 0.15) is 5.56 Å². The molecule has 0 aromatic heterocycles. The largest absolute Gasteiger partial charge is 0.457 e. The van der Waals surface area contributed by atoms with Crippen LogP contribution in [0.4, 0.5) is 5.69 Å². The number of rotatable bonds is 5. The van der Waals surface area contributed by atoms with Gasteiger partial charge in [0.2, 0.25) is 5.91 Å². The summed E-state index contributed by atoms with van der Waals surface area (Å²) in [6.07, 6.45) is -0.270. The minimum atomic E-state index is -0.270. The van der Waals surface area contributed by atoms with E-state index in [1.165, 1.54) is 11.8 Å². The van der Waals surface area contributed by atoms with Gasteiger partial charge in [-0.1, -0.05) is 59.8 Å². The van der Waals surface area contributed by atoms with Gasteiger partial charge < -0.3 is 4.74 Å². The van der Waals surface area contributed by atoms with Crippen molar-refractivity contribution in [3.63, 3.8) is 0 Å². The number of amidine groups is 1. The fraction of sp³-hybridized carbons (Fsp3) is 0.167. The maximum atomic E-state index is 13.4. The summed E-state index contributed by atoms with van der Waals surface area (Å²) in [5, 5.41) is 1.35. The zero-order chi connectivity index (χ0) is 21.9. The summed E-state index contributed by atoms with van der Waals surface area (Å²) in [5.41, 5.74) is 7.90. The van der Waals surface area contributed by atoms with Crippen LogP contribution >= 0.6 is 23.4 Å². The molecule has 6 nitrogen and oxygen atoms in total. The molecule has 3 aromatic rings. The van der Waals surface area contributed by atoms with Crippen molar-refractivity contribution in [2.45, 2.75) is 11.9 Å². The Balaban J connectivity index is 1.40. The van der Waals surface area contributed by atoms with Gasteiger partial charge in [-0.3, -0.25) is 15.1 Å². The van der Waals surface area contributed by atoms with Crippen molar-refractivity contribution < 1.29 is 9.53 Å². The first-order chi connectivity index (χ1) is 15.7. The number of ether oxygens (including phenoxy) is 1. The monoisotopic (exact) mass is 464 g/mol. The molecule has 2 aliphatic rings. The van der Waals surface area contributed by atoms with Crippen molar-refractivity contribution in [3.8, 4) is 11.5 Å². The maximum Gasteiger partial charge on any atom is 0.241 e. The zero-order valence-corrected chi connectivity index (χ0v) is 18.6. The van der Waals surface area contributed by atoms with Gasteiger partial charge in [0.05, 0.1) is 11.6 Å². The maximum absolute atomic E-state index is 13.4. The molecular formula is C24H21ClN4O2S. The molecule has 0 spiro atoms. The number of hydrogen-bond donors (Lipinski definition) is 2. The van der Waals surface area contributed by atoms with Crippen LogP contribution in [0.25, 0.3) is 0 Å². The molecule has 162 valence electrons. The highest BCUT2D eigenvalue weighted by molar-refractivity contribution is 8.13. The van der Waals surface area contributed by atoms with Crippen molar-refractivity contribution in [1.82, 2.24) is 10.9 Å². The van der Waals surface area contributed by atoms with Gasteiger partial charge in [0.25, 0.3) is 0 Å². The molecule has 1 saturated heterocycles. The van der Waals surface area contributed by atoms with Crippen LogP contribution in [-0.2, 0) is 10.5 Å². The minimum absolute atomic E-state index is 0.0147. The summed E-state index contributed by atoms with van der Waals surface area (Å²) in [5.74, 6) is 1.84. The molecule has 8 heteroatoms. The number of para-hydroxylation sites is 1. The molecule has 0 aliphatic carbocycles. The minimum Gasteiger partial charge on any atom is -0.457 e. The third-order valence-electron chi connectivity index (χ3n) is 5.32. The molecule has 3 aromatic carbocycles. The van der Waals surface area contributed by atoms with Gasteiger partial charge in [0, 0.05) is 17.3 Å². The van der Waals surface area contributed by atoms with Crippen LogP contribution in [-0.4, -0.2) is 23.8 Å². The van der Waals surface area contributed by atoms with E-state index < -0.39 is 0 Å². The fourth-order valence-corrected chi connectivity index (χ4v) is 4.98. The fourth-order valence-electron chi connectivity index (χ4n) is 3.65. The third-order valence-corrected chi connectivity index (χ3v) is 6.69. The number of nitrogens with zero attached hydrogens (tertiary/aromatic N) is 2. The summed E-state index contributed by atoms with van der Waals surface area (Å²) in [6, 6.07) is 24.8. The van der Waals surface area contributed by atoms with Gasteiger partial charge in [-0.15, -0.1) is 0 Å². The second-order valence-electron chi connectivity index (χ2n) is 7.45. The normalized spacial score (nSPS) is 20.1. The molecule has 2 heterocycles. The number of benzene rings is 3. The van der Waals surface area contributed by atoms with Crippen LogP contribution in [0.3, 0.4) is 0 Å². The molecule has 0 radical (unpaired) electrons. The Morgan fingerprint density at radius 1 is 1.00 bits per heavy atom. The lowest BCUT2D eigenvalue weighted by Gasteiger charge is -2.32. The number of hydrogen-bond acceptors (Lipinski definition) is 6. The number of halogens is 1. The van der Waals surface area contributed by atoms with E-state index in [9.17, 15) is 4.79 Å². The Bertz CT molecular complexity index is 1140. The second-order valence-corrected chi connectivity index (χ2v) is 8.80. The van der Waals surface area contributed by atoms with Crippen LogP contribution in [0.5, 0.6) is 11.5 Å². The molecule has 1 amide bonds. The molecule has 0 bridgehead atoms. The standard InChI is InChI=1S/C24H21ClN4O2S/c25-21-9-5-4-6-16(21)15-32-24-27-22-20(14-26-28-22)23(30)29(24)17-10-12-19(13-11-17)31-18-7-2-1-3-8-18/h1-13,20,22,26,28H,14-15H2. The predicted molar refractivity (Wildman–Crippen MR) is 129 cm³/mol. The first kappa shape index (κ1) is 21.0. The Morgan fingerprint density at radius 2 is 1.72 bits per heavy atom. The summed E-state index contributed by atoms with van der Waals surface area (Å²) in [4.78, 5) is 19.9. The highest BCUT2D eigenvalue weighted by Crippen LogP contribution is 2.33. The summed E-state index contributed by atoms with van der Waals surface area (Å²) in [7, 11) is 0. The molecule has 2 N–H and O–H groups in total. The first-order valence-corrected chi connectivity index (χ1v) is 11.6. The molecule has 2 unspecified atom stereocenters. The number of hydrazine groups is 1.